The van der Waals surface area contributed by atoms with E-state index in [4.69, 9.17) is 4.74 Å². The summed E-state index contributed by atoms with van der Waals surface area (Å²) in [4.78, 5) is 15.2. The molecule has 0 bridgehead atoms. The molecule has 2 fully saturated rings. The van der Waals surface area contributed by atoms with Crippen LogP contribution < -0.4 is 4.74 Å². The number of benzene rings is 1. The zero-order valence-corrected chi connectivity index (χ0v) is 14.4. The summed E-state index contributed by atoms with van der Waals surface area (Å²) in [5.41, 5.74) is 0.507. The van der Waals surface area contributed by atoms with Crippen LogP contribution in [-0.2, 0) is 0 Å². The number of carbonyl (C=O) groups excluding carboxylic acids is 1. The summed E-state index contributed by atoms with van der Waals surface area (Å²) in [6, 6.07) is 8.49. The Kier molecular flexibility index (Phi) is 4.37. The molecule has 0 aliphatic carbocycles. The molecule has 3 nitrogen and oxygen atoms in total. The number of thioether (sulfide) groups is 1. The largest absolute Gasteiger partial charge is 0.486 e. The lowest BCUT2D eigenvalue weighted by molar-refractivity contribution is 0.0289. The van der Waals surface area contributed by atoms with E-state index in [1.54, 1.807) is 0 Å². The fourth-order valence-corrected chi connectivity index (χ4v) is 5.41. The third kappa shape index (κ3) is 3.16. The lowest BCUT2D eigenvalue weighted by atomic mass is 9.84. The zero-order valence-electron chi connectivity index (χ0n) is 13.6. The summed E-state index contributed by atoms with van der Waals surface area (Å²) in [6.07, 6.45) is 6.32. The number of Topliss-reactive ketones (excluding diaryl/α,β-unsaturated/α-hetero) is 1. The number of nitrogens with zero attached hydrogens (tertiary/aromatic N) is 1. The Morgan fingerprint density at radius 2 is 1.96 bits per heavy atom. The normalized spacial score (nSPS) is 29.8. The van der Waals surface area contributed by atoms with Crippen molar-refractivity contribution in [3.8, 4) is 5.75 Å². The minimum atomic E-state index is -0.260. The van der Waals surface area contributed by atoms with Gasteiger partial charge in [-0.15, -0.1) is 0 Å². The summed E-state index contributed by atoms with van der Waals surface area (Å²) < 4.78 is 6.39. The molecule has 1 spiro atoms. The zero-order chi connectivity index (χ0) is 15.7. The molecule has 0 saturated carbocycles. The van der Waals surface area contributed by atoms with Gasteiger partial charge in [-0.3, -0.25) is 4.79 Å². The molecule has 1 unspecified atom stereocenters. The van der Waals surface area contributed by atoms with Gasteiger partial charge in [0.05, 0.1) is 12.0 Å². The van der Waals surface area contributed by atoms with Gasteiger partial charge >= 0.3 is 0 Å². The molecule has 0 aromatic heterocycles. The van der Waals surface area contributed by atoms with Gasteiger partial charge in [-0.1, -0.05) is 12.1 Å². The second-order valence-corrected chi connectivity index (χ2v) is 8.34. The highest BCUT2D eigenvalue weighted by Crippen LogP contribution is 2.39. The van der Waals surface area contributed by atoms with Crippen molar-refractivity contribution in [2.75, 3.05) is 24.6 Å². The predicted octanol–water partition coefficient (Wildman–Crippen LogP) is 3.77. The average molecular weight is 331 g/mol. The van der Waals surface area contributed by atoms with Crippen molar-refractivity contribution in [2.24, 2.45) is 0 Å². The monoisotopic (exact) mass is 331 g/mol. The number of hydrogen-bond donors (Lipinski definition) is 0. The first-order chi connectivity index (χ1) is 11.3. The second kappa shape index (κ2) is 6.48. The van der Waals surface area contributed by atoms with Crippen LogP contribution in [0.25, 0.3) is 0 Å². The highest BCUT2D eigenvalue weighted by molar-refractivity contribution is 7.99. The number of likely N-dealkylation sites (tertiary alicyclic amines) is 1. The van der Waals surface area contributed by atoms with Gasteiger partial charge in [-0.05, 0) is 55.9 Å². The van der Waals surface area contributed by atoms with Gasteiger partial charge in [0.25, 0.3) is 0 Å². The summed E-state index contributed by atoms with van der Waals surface area (Å²) in [7, 11) is 0. The van der Waals surface area contributed by atoms with Crippen molar-refractivity contribution in [3.05, 3.63) is 29.8 Å². The quantitative estimate of drug-likeness (QED) is 0.783. The maximum atomic E-state index is 12.6. The summed E-state index contributed by atoms with van der Waals surface area (Å²) in [5.74, 6) is 3.66. The minimum Gasteiger partial charge on any atom is -0.486 e. The lowest BCUT2D eigenvalue weighted by Gasteiger charge is -2.38. The molecule has 1 aromatic rings. The highest BCUT2D eigenvalue weighted by Gasteiger charge is 2.42. The Bertz CT molecular complexity index is 584. The van der Waals surface area contributed by atoms with Crippen molar-refractivity contribution >= 4 is 17.5 Å². The van der Waals surface area contributed by atoms with Crippen molar-refractivity contribution in [2.45, 2.75) is 50.2 Å². The number of fused-ring (bicyclic) bond motifs is 1. The molecule has 0 amide bonds. The number of carbonyl (C=O) groups is 1. The standard InChI is InChI=1S/C19H25NO2S/c21-17-14-19(22-18-5-2-1-4-16(17)18)8-3-10-20(11-9-19)15-6-12-23-13-7-15/h1-2,4-5,15H,3,6-14H2. The first kappa shape index (κ1) is 15.5. The summed E-state index contributed by atoms with van der Waals surface area (Å²) in [5, 5.41) is 0. The van der Waals surface area contributed by atoms with Crippen LogP contribution in [0.15, 0.2) is 24.3 Å². The van der Waals surface area contributed by atoms with Gasteiger partial charge in [0.1, 0.15) is 11.4 Å². The number of para-hydroxylation sites is 1. The Hall–Kier alpha value is -1.00. The van der Waals surface area contributed by atoms with Gasteiger partial charge in [0, 0.05) is 19.0 Å². The third-order valence-electron chi connectivity index (χ3n) is 5.64. The van der Waals surface area contributed by atoms with Crippen LogP contribution in [0.4, 0.5) is 0 Å². The predicted molar refractivity (Wildman–Crippen MR) is 94.5 cm³/mol. The van der Waals surface area contributed by atoms with Crippen LogP contribution in [-0.4, -0.2) is 46.9 Å². The third-order valence-corrected chi connectivity index (χ3v) is 6.68. The van der Waals surface area contributed by atoms with Crippen molar-refractivity contribution in [1.82, 2.24) is 4.90 Å². The Labute approximate surface area is 142 Å². The highest BCUT2D eigenvalue weighted by atomic mass is 32.2. The van der Waals surface area contributed by atoms with E-state index in [1.165, 1.54) is 24.3 Å². The van der Waals surface area contributed by atoms with Gasteiger partial charge in [-0.25, -0.2) is 0 Å². The van der Waals surface area contributed by atoms with Crippen LogP contribution in [0.1, 0.15) is 48.9 Å². The molecule has 2 saturated heterocycles. The van der Waals surface area contributed by atoms with Crippen LogP contribution in [0.5, 0.6) is 5.75 Å². The van der Waals surface area contributed by atoms with E-state index < -0.39 is 0 Å². The molecule has 3 heterocycles. The van der Waals surface area contributed by atoms with Crippen LogP contribution >= 0.6 is 11.8 Å². The lowest BCUT2D eigenvalue weighted by Crippen LogP contribution is -2.44. The van der Waals surface area contributed by atoms with Crippen molar-refractivity contribution in [1.29, 1.82) is 0 Å². The van der Waals surface area contributed by atoms with E-state index in [0.29, 0.717) is 6.42 Å². The van der Waals surface area contributed by atoms with Gasteiger partial charge in [0.2, 0.25) is 0 Å². The smallest absolute Gasteiger partial charge is 0.170 e. The van der Waals surface area contributed by atoms with Crippen molar-refractivity contribution < 1.29 is 9.53 Å². The van der Waals surface area contributed by atoms with Gasteiger partial charge in [0.15, 0.2) is 5.78 Å². The van der Waals surface area contributed by atoms with E-state index in [0.717, 1.165) is 49.7 Å². The summed E-state index contributed by atoms with van der Waals surface area (Å²) in [6.45, 7) is 2.24. The maximum Gasteiger partial charge on any atom is 0.170 e. The SMILES string of the molecule is O=C1CC2(CCCN(C3CCSCC3)CC2)Oc2ccccc21. The molecule has 0 N–H and O–H groups in total. The minimum absolute atomic E-state index is 0.259. The summed E-state index contributed by atoms with van der Waals surface area (Å²) >= 11 is 2.09. The Balaban J connectivity index is 1.49. The first-order valence-electron chi connectivity index (χ1n) is 8.89. The molecule has 4 rings (SSSR count). The second-order valence-electron chi connectivity index (χ2n) is 7.11. The molecule has 4 heteroatoms. The van der Waals surface area contributed by atoms with Gasteiger partial charge in [-0.2, -0.15) is 11.8 Å². The molecule has 124 valence electrons. The molecule has 3 aliphatic heterocycles. The van der Waals surface area contributed by atoms with Crippen LogP contribution in [0.3, 0.4) is 0 Å². The van der Waals surface area contributed by atoms with Crippen molar-refractivity contribution in [3.63, 3.8) is 0 Å². The van der Waals surface area contributed by atoms with Gasteiger partial charge < -0.3 is 9.64 Å². The average Bonchev–Trinajstić information content (AvgIpc) is 2.78. The number of ether oxygens (including phenoxy) is 1. The molecular weight excluding hydrogens is 306 g/mol. The van der Waals surface area contributed by atoms with Crippen LogP contribution in [0.2, 0.25) is 0 Å². The van der Waals surface area contributed by atoms with E-state index in [2.05, 4.69) is 16.7 Å². The van der Waals surface area contributed by atoms with E-state index in [-0.39, 0.29) is 11.4 Å². The fourth-order valence-electron chi connectivity index (χ4n) is 4.33. The number of rotatable bonds is 1. The Morgan fingerprint density at radius 3 is 2.83 bits per heavy atom. The molecule has 1 atom stereocenters. The number of hydrogen-bond acceptors (Lipinski definition) is 4. The molecule has 1 aromatic carbocycles. The van der Waals surface area contributed by atoms with E-state index in [9.17, 15) is 4.79 Å². The fraction of sp³-hybridized carbons (Fsp3) is 0.632. The topological polar surface area (TPSA) is 29.5 Å². The molecule has 23 heavy (non-hydrogen) atoms. The van der Waals surface area contributed by atoms with E-state index in [1.807, 2.05) is 24.3 Å². The molecular formula is C19H25NO2S. The molecule has 3 aliphatic rings. The van der Waals surface area contributed by atoms with Crippen LogP contribution in [0, 0.1) is 0 Å². The Morgan fingerprint density at radius 1 is 1.13 bits per heavy atom. The van der Waals surface area contributed by atoms with E-state index >= 15 is 0 Å². The number of ketones is 1. The first-order valence-corrected chi connectivity index (χ1v) is 10.0. The maximum absolute atomic E-state index is 12.6. The molecule has 0 radical (unpaired) electrons.